The quantitative estimate of drug-likeness (QED) is 0.423. The molecule has 0 radical (unpaired) electrons. The molecule has 0 bridgehead atoms. The molecule has 0 saturated heterocycles. The summed E-state index contributed by atoms with van der Waals surface area (Å²) in [5, 5.41) is 4.52. The number of esters is 1. The zero-order valence-corrected chi connectivity index (χ0v) is 17.5. The van der Waals surface area contributed by atoms with Gasteiger partial charge in [0.05, 0.1) is 12.2 Å². The molecule has 0 unspecified atom stereocenters. The molecule has 3 aromatic carbocycles. The standard InChI is InChI=1S/C23H21Cl2NO3/c1-2-28-23(27)17-7-10-20(11-8-17)26-14-16-4-3-5-21(12-16)29-15-18-6-9-19(24)13-22(18)25/h3-13,26H,2,14-15H2,1H3. The van der Waals surface area contributed by atoms with E-state index >= 15 is 0 Å². The first-order chi connectivity index (χ1) is 14.0. The third-order valence-corrected chi connectivity index (χ3v) is 4.79. The van der Waals surface area contributed by atoms with E-state index in [2.05, 4.69) is 5.32 Å². The smallest absolute Gasteiger partial charge is 0.338 e. The third kappa shape index (κ3) is 6.14. The molecule has 6 heteroatoms. The molecule has 3 rings (SSSR count). The Bertz CT molecular complexity index is 974. The molecular formula is C23H21Cl2NO3. The summed E-state index contributed by atoms with van der Waals surface area (Å²) < 4.78 is 10.9. The van der Waals surface area contributed by atoms with Crippen molar-refractivity contribution < 1.29 is 14.3 Å². The zero-order chi connectivity index (χ0) is 20.6. The number of carbonyl (C=O) groups excluding carboxylic acids is 1. The molecular weight excluding hydrogens is 409 g/mol. The molecule has 0 amide bonds. The average molecular weight is 430 g/mol. The number of nitrogens with one attached hydrogen (secondary N) is 1. The van der Waals surface area contributed by atoms with Gasteiger partial charge in [-0.3, -0.25) is 0 Å². The Morgan fingerprint density at radius 3 is 2.52 bits per heavy atom. The van der Waals surface area contributed by atoms with Gasteiger partial charge in [-0.15, -0.1) is 0 Å². The molecule has 1 N–H and O–H groups in total. The van der Waals surface area contributed by atoms with E-state index in [1.54, 1.807) is 31.2 Å². The van der Waals surface area contributed by atoms with Crippen molar-refractivity contribution in [3.63, 3.8) is 0 Å². The highest BCUT2D eigenvalue weighted by Crippen LogP contribution is 2.23. The number of halogens is 2. The first kappa shape index (κ1) is 21.0. The van der Waals surface area contributed by atoms with E-state index in [4.69, 9.17) is 32.7 Å². The molecule has 0 aliphatic carbocycles. The number of benzene rings is 3. The van der Waals surface area contributed by atoms with Crippen LogP contribution in [-0.2, 0) is 17.9 Å². The topological polar surface area (TPSA) is 47.6 Å². The van der Waals surface area contributed by atoms with Crippen LogP contribution in [0.25, 0.3) is 0 Å². The SMILES string of the molecule is CCOC(=O)c1ccc(NCc2cccc(OCc3ccc(Cl)cc3Cl)c2)cc1. The summed E-state index contributed by atoms with van der Waals surface area (Å²) >= 11 is 12.1. The van der Waals surface area contributed by atoms with E-state index in [9.17, 15) is 4.79 Å². The number of rotatable bonds is 8. The number of anilines is 1. The van der Waals surface area contributed by atoms with Crippen molar-refractivity contribution in [2.24, 2.45) is 0 Å². The van der Waals surface area contributed by atoms with Crippen LogP contribution >= 0.6 is 23.2 Å². The van der Waals surface area contributed by atoms with Crippen molar-refractivity contribution in [3.05, 3.63) is 93.5 Å². The van der Waals surface area contributed by atoms with Crippen LogP contribution in [0.15, 0.2) is 66.7 Å². The molecule has 4 nitrogen and oxygen atoms in total. The van der Waals surface area contributed by atoms with E-state index in [1.165, 1.54) is 0 Å². The maximum Gasteiger partial charge on any atom is 0.338 e. The van der Waals surface area contributed by atoms with E-state index in [-0.39, 0.29) is 5.97 Å². The van der Waals surface area contributed by atoms with Crippen molar-refractivity contribution in [2.45, 2.75) is 20.1 Å². The normalized spacial score (nSPS) is 10.4. The predicted octanol–water partition coefficient (Wildman–Crippen LogP) is 6.36. The summed E-state index contributed by atoms with van der Waals surface area (Å²) in [4.78, 5) is 11.7. The van der Waals surface area contributed by atoms with Crippen molar-refractivity contribution in [1.82, 2.24) is 0 Å². The van der Waals surface area contributed by atoms with Crippen LogP contribution in [0.3, 0.4) is 0 Å². The van der Waals surface area contributed by atoms with Gasteiger partial charge in [0, 0.05) is 27.8 Å². The van der Waals surface area contributed by atoms with Gasteiger partial charge in [-0.05, 0) is 61.0 Å². The number of hydrogen-bond acceptors (Lipinski definition) is 4. The van der Waals surface area contributed by atoms with Crippen LogP contribution in [0.2, 0.25) is 10.0 Å². The summed E-state index contributed by atoms with van der Waals surface area (Å²) in [5.41, 5.74) is 3.39. The Morgan fingerprint density at radius 2 is 1.79 bits per heavy atom. The summed E-state index contributed by atoms with van der Waals surface area (Å²) in [6.45, 7) is 3.14. The molecule has 150 valence electrons. The van der Waals surface area contributed by atoms with Crippen LogP contribution in [-0.4, -0.2) is 12.6 Å². The lowest BCUT2D eigenvalue weighted by Crippen LogP contribution is -2.05. The van der Waals surface area contributed by atoms with Crippen molar-refractivity contribution in [1.29, 1.82) is 0 Å². The molecule has 0 spiro atoms. The molecule has 0 aromatic heterocycles. The van der Waals surface area contributed by atoms with Gasteiger partial charge in [0.25, 0.3) is 0 Å². The second kappa shape index (κ2) is 10.2. The van der Waals surface area contributed by atoms with Crippen molar-refractivity contribution in [3.8, 4) is 5.75 Å². The minimum Gasteiger partial charge on any atom is -0.489 e. The Balaban J connectivity index is 1.56. The first-order valence-corrected chi connectivity index (χ1v) is 9.97. The second-order valence-corrected chi connectivity index (χ2v) is 7.17. The monoisotopic (exact) mass is 429 g/mol. The van der Waals surface area contributed by atoms with Crippen LogP contribution in [0, 0.1) is 0 Å². The summed E-state index contributed by atoms with van der Waals surface area (Å²) in [5.74, 6) is 0.442. The van der Waals surface area contributed by atoms with E-state index in [0.29, 0.717) is 35.4 Å². The lowest BCUT2D eigenvalue weighted by molar-refractivity contribution is 0.0526. The van der Waals surface area contributed by atoms with Crippen LogP contribution in [0.1, 0.15) is 28.4 Å². The largest absolute Gasteiger partial charge is 0.489 e. The minimum atomic E-state index is -0.315. The second-order valence-electron chi connectivity index (χ2n) is 6.32. The molecule has 29 heavy (non-hydrogen) atoms. The van der Waals surface area contributed by atoms with Crippen LogP contribution < -0.4 is 10.1 Å². The third-order valence-electron chi connectivity index (χ3n) is 4.20. The van der Waals surface area contributed by atoms with E-state index in [1.807, 2.05) is 42.5 Å². The van der Waals surface area contributed by atoms with Crippen LogP contribution in [0.5, 0.6) is 5.75 Å². The Hall–Kier alpha value is -2.69. The highest BCUT2D eigenvalue weighted by molar-refractivity contribution is 6.35. The fourth-order valence-electron chi connectivity index (χ4n) is 2.69. The molecule has 0 fully saturated rings. The zero-order valence-electron chi connectivity index (χ0n) is 16.0. The van der Waals surface area contributed by atoms with Gasteiger partial charge in [0.1, 0.15) is 12.4 Å². The fourth-order valence-corrected chi connectivity index (χ4v) is 3.15. The van der Waals surface area contributed by atoms with Crippen molar-refractivity contribution >= 4 is 34.9 Å². The van der Waals surface area contributed by atoms with Gasteiger partial charge in [-0.25, -0.2) is 4.79 Å². The predicted molar refractivity (Wildman–Crippen MR) is 117 cm³/mol. The highest BCUT2D eigenvalue weighted by atomic mass is 35.5. The highest BCUT2D eigenvalue weighted by Gasteiger charge is 2.06. The minimum absolute atomic E-state index is 0.315. The van der Waals surface area contributed by atoms with Gasteiger partial charge in [0.2, 0.25) is 0 Å². The Labute approximate surface area is 180 Å². The molecule has 3 aromatic rings. The lowest BCUT2D eigenvalue weighted by atomic mass is 10.2. The Morgan fingerprint density at radius 1 is 1.00 bits per heavy atom. The molecule has 0 aliphatic rings. The fraction of sp³-hybridized carbons (Fsp3) is 0.174. The number of hydrogen-bond donors (Lipinski definition) is 1. The number of carbonyl (C=O) groups is 1. The van der Waals surface area contributed by atoms with Gasteiger partial charge in [0.15, 0.2) is 0 Å². The summed E-state index contributed by atoms with van der Waals surface area (Å²) in [6.07, 6.45) is 0. The Kier molecular flexibility index (Phi) is 7.39. The van der Waals surface area contributed by atoms with E-state index < -0.39 is 0 Å². The summed E-state index contributed by atoms with van der Waals surface area (Å²) in [7, 11) is 0. The van der Waals surface area contributed by atoms with Gasteiger partial charge >= 0.3 is 5.97 Å². The maximum absolute atomic E-state index is 11.7. The van der Waals surface area contributed by atoms with Crippen molar-refractivity contribution in [2.75, 3.05) is 11.9 Å². The van der Waals surface area contributed by atoms with Crippen LogP contribution in [0.4, 0.5) is 5.69 Å². The van der Waals surface area contributed by atoms with E-state index in [0.717, 1.165) is 22.6 Å². The molecule has 0 heterocycles. The first-order valence-electron chi connectivity index (χ1n) is 9.22. The van der Waals surface area contributed by atoms with Gasteiger partial charge < -0.3 is 14.8 Å². The van der Waals surface area contributed by atoms with Gasteiger partial charge in [-0.1, -0.05) is 41.4 Å². The average Bonchev–Trinajstić information content (AvgIpc) is 2.72. The molecule has 0 aliphatic heterocycles. The molecule has 0 atom stereocenters. The molecule has 0 saturated carbocycles. The summed E-state index contributed by atoms with van der Waals surface area (Å²) in [6, 6.07) is 20.4. The maximum atomic E-state index is 11.7. The van der Waals surface area contributed by atoms with Gasteiger partial charge in [-0.2, -0.15) is 0 Å². The lowest BCUT2D eigenvalue weighted by Gasteiger charge is -2.11. The number of ether oxygens (including phenoxy) is 2.